The van der Waals surface area contributed by atoms with Gasteiger partial charge in [0, 0.05) is 38.6 Å². The van der Waals surface area contributed by atoms with E-state index in [1.165, 1.54) is 0 Å². The van der Waals surface area contributed by atoms with Crippen molar-refractivity contribution in [1.82, 2.24) is 20.2 Å². The van der Waals surface area contributed by atoms with Crippen molar-refractivity contribution in [2.24, 2.45) is 0 Å². The number of aromatic nitrogens is 2. The number of carboxylic acid groups (broad SMARTS) is 1. The minimum atomic E-state index is -1.29. The highest BCUT2D eigenvalue weighted by atomic mass is 16.7. The van der Waals surface area contributed by atoms with E-state index in [0.29, 0.717) is 30.0 Å². The molecule has 2 N–H and O–H groups in total. The van der Waals surface area contributed by atoms with Crippen LogP contribution in [0.5, 0.6) is 5.75 Å². The molecule has 10 heteroatoms. The van der Waals surface area contributed by atoms with Crippen LogP contribution in [0.25, 0.3) is 11.0 Å². The molecule has 216 valence electrons. The van der Waals surface area contributed by atoms with Crippen molar-refractivity contribution in [2.45, 2.75) is 78.5 Å². The topological polar surface area (TPSA) is 123 Å². The molecule has 2 amide bonds. The minimum absolute atomic E-state index is 0.146. The van der Waals surface area contributed by atoms with E-state index < -0.39 is 30.4 Å². The second-order valence-electron chi connectivity index (χ2n) is 10.4. The number of benzene rings is 2. The fraction of sp³-hybridized carbons (Fsp3) is 0.467. The van der Waals surface area contributed by atoms with Crippen LogP contribution in [0.15, 0.2) is 54.9 Å². The summed E-state index contributed by atoms with van der Waals surface area (Å²) in [5.41, 5.74) is 2.56. The smallest absolute Gasteiger partial charge is 0.405 e. The number of nitrogens with one attached hydrogen (secondary N) is 1. The molecule has 0 unspecified atom stereocenters. The largest absolute Gasteiger partial charge is 0.488 e. The fourth-order valence-corrected chi connectivity index (χ4v) is 4.42. The molecule has 1 heterocycles. The predicted octanol–water partition coefficient (Wildman–Crippen LogP) is 4.80. The number of nitrogens with zero attached hydrogens (tertiary/aromatic N) is 3. The molecule has 0 radical (unpaired) electrons. The molecule has 40 heavy (non-hydrogen) atoms. The van der Waals surface area contributed by atoms with Gasteiger partial charge in [0.2, 0.25) is 5.91 Å². The lowest BCUT2D eigenvalue weighted by Gasteiger charge is -2.36. The Bertz CT molecular complexity index is 1250. The molecular formula is C30H40N4O6. The lowest BCUT2D eigenvalue weighted by atomic mass is 10.0. The number of fused-ring (bicyclic) bond motifs is 1. The van der Waals surface area contributed by atoms with Gasteiger partial charge in [0.05, 0.1) is 17.1 Å². The third-order valence-electron chi connectivity index (χ3n) is 6.14. The van der Waals surface area contributed by atoms with Gasteiger partial charge in [-0.25, -0.2) is 4.79 Å². The van der Waals surface area contributed by atoms with E-state index in [1.54, 1.807) is 17.3 Å². The SMILES string of the molecule is CCOC(OCC)[C@H](C)N(Cc1cccc2nccnc12)C(=O)[C@H](Cc1ccc(OC(C)(C)C)cc1)NC(=O)O. The second-order valence-corrected chi connectivity index (χ2v) is 10.4. The van der Waals surface area contributed by atoms with Crippen LogP contribution in [0.1, 0.15) is 52.7 Å². The molecule has 0 aliphatic rings. The van der Waals surface area contributed by atoms with Crippen LogP contribution in [0, 0.1) is 0 Å². The Labute approximate surface area is 235 Å². The van der Waals surface area contributed by atoms with Gasteiger partial charge >= 0.3 is 6.09 Å². The van der Waals surface area contributed by atoms with Crippen LogP contribution in [0.4, 0.5) is 4.79 Å². The highest BCUT2D eigenvalue weighted by Gasteiger charge is 2.34. The second kappa shape index (κ2) is 14.0. The Kier molecular flexibility index (Phi) is 10.8. The molecule has 2 atom stereocenters. The summed E-state index contributed by atoms with van der Waals surface area (Å²) >= 11 is 0. The number of amides is 2. The van der Waals surface area contributed by atoms with Gasteiger partial charge in [-0.3, -0.25) is 14.8 Å². The summed E-state index contributed by atoms with van der Waals surface area (Å²) in [6.45, 7) is 12.3. The average Bonchev–Trinajstić information content (AvgIpc) is 2.90. The third kappa shape index (κ3) is 8.62. The van der Waals surface area contributed by atoms with Gasteiger partial charge in [-0.2, -0.15) is 0 Å². The first-order valence-electron chi connectivity index (χ1n) is 13.5. The van der Waals surface area contributed by atoms with Crippen molar-refractivity contribution in [3.05, 3.63) is 66.0 Å². The van der Waals surface area contributed by atoms with E-state index in [2.05, 4.69) is 15.3 Å². The molecule has 1 aromatic heterocycles. The Morgan fingerprint density at radius 2 is 1.65 bits per heavy atom. The summed E-state index contributed by atoms with van der Waals surface area (Å²) < 4.78 is 17.6. The zero-order valence-electron chi connectivity index (χ0n) is 24.1. The van der Waals surface area contributed by atoms with Gasteiger partial charge in [0.1, 0.15) is 17.4 Å². The molecule has 0 fully saturated rings. The van der Waals surface area contributed by atoms with Crippen LogP contribution >= 0.6 is 0 Å². The van der Waals surface area contributed by atoms with Crippen molar-refractivity contribution < 1.29 is 28.9 Å². The molecular weight excluding hydrogens is 512 g/mol. The summed E-state index contributed by atoms with van der Waals surface area (Å²) in [5, 5.41) is 12.1. The van der Waals surface area contributed by atoms with Crippen molar-refractivity contribution in [1.29, 1.82) is 0 Å². The molecule has 0 saturated heterocycles. The number of ether oxygens (including phenoxy) is 3. The normalized spacial score (nSPS) is 13.2. The van der Waals surface area contributed by atoms with Crippen LogP contribution in [0.3, 0.4) is 0 Å². The molecule has 0 saturated carbocycles. The average molecular weight is 553 g/mol. The standard InChI is InChI=1S/C30H40N4O6/c1-7-38-28(39-8-2)20(3)34(19-22-10-9-11-24-26(22)32-17-16-31-24)27(35)25(33-29(36)37)18-21-12-14-23(15-13-21)40-30(4,5)6/h9-17,20,25,28,33H,7-8,18-19H2,1-6H3,(H,36,37)/t20-,25-/m0/s1. The summed E-state index contributed by atoms with van der Waals surface area (Å²) in [5.74, 6) is 0.282. The molecule has 0 aliphatic carbocycles. The number of hydrogen-bond acceptors (Lipinski definition) is 7. The van der Waals surface area contributed by atoms with E-state index in [4.69, 9.17) is 14.2 Å². The van der Waals surface area contributed by atoms with Crippen LogP contribution < -0.4 is 10.1 Å². The summed E-state index contributed by atoms with van der Waals surface area (Å²) in [6, 6.07) is 11.3. The zero-order valence-corrected chi connectivity index (χ0v) is 24.1. The fourth-order valence-electron chi connectivity index (χ4n) is 4.42. The first-order valence-corrected chi connectivity index (χ1v) is 13.5. The zero-order chi connectivity index (χ0) is 29.3. The number of hydrogen-bond donors (Lipinski definition) is 2. The van der Waals surface area contributed by atoms with Gasteiger partial charge in [-0.1, -0.05) is 24.3 Å². The summed E-state index contributed by atoms with van der Waals surface area (Å²) in [7, 11) is 0. The maximum Gasteiger partial charge on any atom is 0.405 e. The van der Waals surface area contributed by atoms with Crippen molar-refractivity contribution in [3.8, 4) is 5.75 Å². The lowest BCUT2D eigenvalue weighted by molar-refractivity contribution is -0.179. The minimum Gasteiger partial charge on any atom is -0.488 e. The third-order valence-corrected chi connectivity index (χ3v) is 6.14. The van der Waals surface area contributed by atoms with Crippen molar-refractivity contribution >= 4 is 23.0 Å². The molecule has 2 aromatic carbocycles. The van der Waals surface area contributed by atoms with E-state index in [-0.39, 0.29) is 18.6 Å². The maximum absolute atomic E-state index is 14.2. The Morgan fingerprint density at radius 1 is 1.00 bits per heavy atom. The first kappa shape index (κ1) is 30.8. The Morgan fingerprint density at radius 3 is 2.25 bits per heavy atom. The van der Waals surface area contributed by atoms with Crippen LogP contribution in [-0.4, -0.2) is 69.2 Å². The van der Waals surface area contributed by atoms with Crippen LogP contribution in [-0.2, 0) is 27.2 Å². The van der Waals surface area contributed by atoms with Gasteiger partial charge < -0.3 is 29.5 Å². The van der Waals surface area contributed by atoms with Gasteiger partial charge in [0.15, 0.2) is 6.29 Å². The highest BCUT2D eigenvalue weighted by Crippen LogP contribution is 2.23. The van der Waals surface area contributed by atoms with Gasteiger partial charge in [-0.15, -0.1) is 0 Å². The molecule has 0 spiro atoms. The lowest BCUT2D eigenvalue weighted by Crippen LogP contribution is -2.55. The van der Waals surface area contributed by atoms with E-state index in [0.717, 1.165) is 11.1 Å². The summed E-state index contributed by atoms with van der Waals surface area (Å²) in [6.07, 6.45) is 1.36. The Hall–Kier alpha value is -3.76. The Balaban J connectivity index is 1.96. The van der Waals surface area contributed by atoms with Crippen LogP contribution in [0.2, 0.25) is 0 Å². The van der Waals surface area contributed by atoms with E-state index in [9.17, 15) is 14.7 Å². The summed E-state index contributed by atoms with van der Waals surface area (Å²) in [4.78, 5) is 36.4. The number of carbonyl (C=O) groups excluding carboxylic acids is 1. The number of carbonyl (C=O) groups is 2. The predicted molar refractivity (Wildman–Crippen MR) is 152 cm³/mol. The van der Waals surface area contributed by atoms with Gasteiger partial charge in [0.25, 0.3) is 0 Å². The van der Waals surface area contributed by atoms with E-state index in [1.807, 2.05) is 84.0 Å². The maximum atomic E-state index is 14.2. The number of para-hydroxylation sites is 1. The van der Waals surface area contributed by atoms with Crippen molar-refractivity contribution in [3.63, 3.8) is 0 Å². The molecule has 0 aliphatic heterocycles. The van der Waals surface area contributed by atoms with E-state index >= 15 is 0 Å². The first-order chi connectivity index (χ1) is 19.0. The van der Waals surface area contributed by atoms with Crippen molar-refractivity contribution in [2.75, 3.05) is 13.2 Å². The van der Waals surface area contributed by atoms with Gasteiger partial charge in [-0.05, 0) is 70.9 Å². The molecule has 3 rings (SSSR count). The number of rotatable bonds is 13. The highest BCUT2D eigenvalue weighted by molar-refractivity contribution is 5.86. The molecule has 3 aromatic rings. The molecule has 10 nitrogen and oxygen atoms in total. The quantitative estimate of drug-likeness (QED) is 0.290. The molecule has 0 bridgehead atoms. The monoisotopic (exact) mass is 552 g/mol.